The van der Waals surface area contributed by atoms with E-state index in [1.807, 2.05) is 0 Å². The number of nitrogens with zero attached hydrogens (tertiary/aromatic N) is 3. The summed E-state index contributed by atoms with van der Waals surface area (Å²) in [6.07, 6.45) is 8.36. The van der Waals surface area contributed by atoms with Gasteiger partial charge in [-0.05, 0) is 0 Å². The van der Waals surface area contributed by atoms with Crippen molar-refractivity contribution in [1.82, 2.24) is 10.3 Å². The summed E-state index contributed by atoms with van der Waals surface area (Å²) >= 11 is 0. The molecule has 0 aliphatic carbocycles. The number of rotatable bonds is 8. The van der Waals surface area contributed by atoms with Crippen LogP contribution in [0.25, 0.3) is 0 Å². The molecule has 0 radical (unpaired) electrons. The molecule has 1 aliphatic rings. The van der Waals surface area contributed by atoms with Gasteiger partial charge in [0.25, 0.3) is 0 Å². The normalized spacial score (nSPS) is 14.4. The molecule has 22 heavy (non-hydrogen) atoms. The third-order valence-corrected chi connectivity index (χ3v) is 3.37. The Kier molecular flexibility index (Phi) is 5.15. The molecule has 1 amide bonds. The number of pyridine rings is 1. The van der Waals surface area contributed by atoms with Gasteiger partial charge in [0.15, 0.2) is 5.66 Å². The smallest absolute Gasteiger partial charge is 0.220 e. The van der Waals surface area contributed by atoms with E-state index < -0.39 is 17.3 Å². The van der Waals surface area contributed by atoms with Crippen molar-refractivity contribution in [3.63, 3.8) is 0 Å². The molecule has 0 unspecified atom stereocenters. The van der Waals surface area contributed by atoms with Gasteiger partial charge in [0.05, 0.1) is 11.9 Å². The molecule has 1 aromatic heterocycles. The molecule has 0 fully saturated rings. The van der Waals surface area contributed by atoms with Gasteiger partial charge in [-0.25, -0.2) is 8.78 Å². The molecule has 1 N–H and O–H groups in total. The standard InChI is InChI=1S/C15H16F2N4O/c1-2-3-6-15(20-21-15)7-4-14(22)18-8-5-13-12(17)9-11(16)10-19-13/h1,9-10H,3-8H2,(H,18,22). The van der Waals surface area contributed by atoms with E-state index in [1.54, 1.807) is 0 Å². The van der Waals surface area contributed by atoms with Crippen LogP contribution in [0.1, 0.15) is 31.4 Å². The van der Waals surface area contributed by atoms with Crippen LogP contribution in [0.5, 0.6) is 0 Å². The van der Waals surface area contributed by atoms with Crippen LogP contribution in [0.2, 0.25) is 0 Å². The van der Waals surface area contributed by atoms with E-state index in [9.17, 15) is 13.6 Å². The molecule has 116 valence electrons. The maximum Gasteiger partial charge on any atom is 0.220 e. The average Bonchev–Trinajstić information content (AvgIpc) is 3.26. The van der Waals surface area contributed by atoms with Crippen molar-refractivity contribution in [3.8, 4) is 12.3 Å². The fourth-order valence-corrected chi connectivity index (χ4v) is 2.02. The zero-order valence-corrected chi connectivity index (χ0v) is 12.0. The van der Waals surface area contributed by atoms with Crippen molar-refractivity contribution < 1.29 is 13.6 Å². The number of hydrogen-bond acceptors (Lipinski definition) is 4. The van der Waals surface area contributed by atoms with Gasteiger partial charge in [-0.1, -0.05) is 0 Å². The van der Waals surface area contributed by atoms with Gasteiger partial charge < -0.3 is 5.32 Å². The second-order valence-electron chi connectivity index (χ2n) is 5.07. The van der Waals surface area contributed by atoms with Crippen LogP contribution in [-0.4, -0.2) is 23.1 Å². The Bertz CT molecular complexity index is 618. The zero-order chi connectivity index (χ0) is 16.0. The van der Waals surface area contributed by atoms with E-state index in [2.05, 4.69) is 26.4 Å². The third-order valence-electron chi connectivity index (χ3n) is 3.37. The summed E-state index contributed by atoms with van der Waals surface area (Å²) in [6.45, 7) is 0.236. The van der Waals surface area contributed by atoms with Gasteiger partial charge in [-0.3, -0.25) is 9.78 Å². The summed E-state index contributed by atoms with van der Waals surface area (Å²) in [4.78, 5) is 15.4. The first-order valence-corrected chi connectivity index (χ1v) is 6.99. The maximum atomic E-state index is 13.3. The van der Waals surface area contributed by atoms with Crippen molar-refractivity contribution in [2.24, 2.45) is 10.2 Å². The summed E-state index contributed by atoms with van der Waals surface area (Å²) in [5.74, 6) is 0.924. The zero-order valence-electron chi connectivity index (χ0n) is 12.0. The largest absolute Gasteiger partial charge is 0.356 e. The van der Waals surface area contributed by atoms with Crippen LogP contribution in [0.15, 0.2) is 22.5 Å². The first-order chi connectivity index (χ1) is 10.5. The molecule has 5 nitrogen and oxygen atoms in total. The third kappa shape index (κ3) is 4.58. The number of halogens is 2. The lowest BCUT2D eigenvalue weighted by Gasteiger charge is -2.09. The summed E-state index contributed by atoms with van der Waals surface area (Å²) in [7, 11) is 0. The Morgan fingerprint density at radius 2 is 2.14 bits per heavy atom. The maximum absolute atomic E-state index is 13.3. The topological polar surface area (TPSA) is 66.7 Å². The quantitative estimate of drug-likeness (QED) is 0.749. The second kappa shape index (κ2) is 7.07. The lowest BCUT2D eigenvalue weighted by Crippen LogP contribution is -2.27. The van der Waals surface area contributed by atoms with E-state index in [1.165, 1.54) is 0 Å². The lowest BCUT2D eigenvalue weighted by molar-refractivity contribution is -0.121. The first kappa shape index (κ1) is 16.0. The Hall–Kier alpha value is -2.36. The molecular weight excluding hydrogens is 290 g/mol. The fourth-order valence-electron chi connectivity index (χ4n) is 2.02. The highest BCUT2D eigenvalue weighted by atomic mass is 19.1. The van der Waals surface area contributed by atoms with E-state index in [4.69, 9.17) is 6.42 Å². The molecule has 0 aromatic carbocycles. The second-order valence-corrected chi connectivity index (χ2v) is 5.07. The molecule has 7 heteroatoms. The predicted octanol–water partition coefficient (Wildman–Crippen LogP) is 2.37. The van der Waals surface area contributed by atoms with Crippen molar-refractivity contribution in [3.05, 3.63) is 29.6 Å². The molecule has 0 saturated carbocycles. The molecule has 2 rings (SSSR count). The monoisotopic (exact) mass is 306 g/mol. The average molecular weight is 306 g/mol. The number of carbonyl (C=O) groups excluding carboxylic acids is 1. The lowest BCUT2D eigenvalue weighted by atomic mass is 10.0. The SMILES string of the molecule is C#CCCC1(CCC(=O)NCCc2ncc(F)cc2F)N=N1. The van der Waals surface area contributed by atoms with Crippen molar-refractivity contribution in [2.75, 3.05) is 6.54 Å². The summed E-state index contributed by atoms with van der Waals surface area (Å²) in [5.41, 5.74) is -0.353. The minimum Gasteiger partial charge on any atom is -0.356 e. The van der Waals surface area contributed by atoms with Gasteiger partial charge in [0.1, 0.15) is 11.6 Å². The molecule has 1 aliphatic heterocycles. The minimum absolute atomic E-state index is 0.124. The van der Waals surface area contributed by atoms with Crippen molar-refractivity contribution >= 4 is 5.91 Å². The van der Waals surface area contributed by atoms with Gasteiger partial charge in [0, 0.05) is 44.7 Å². The minimum atomic E-state index is -0.723. The van der Waals surface area contributed by atoms with E-state index in [0.29, 0.717) is 19.3 Å². The Labute approximate surface area is 127 Å². The van der Waals surface area contributed by atoms with E-state index in [-0.39, 0.29) is 31.0 Å². The molecule has 0 spiro atoms. The number of terminal acetylenes is 1. The van der Waals surface area contributed by atoms with Crippen LogP contribution in [0.3, 0.4) is 0 Å². The van der Waals surface area contributed by atoms with Gasteiger partial charge >= 0.3 is 0 Å². The predicted molar refractivity (Wildman–Crippen MR) is 75.8 cm³/mol. The first-order valence-electron chi connectivity index (χ1n) is 6.99. The van der Waals surface area contributed by atoms with Crippen LogP contribution in [0.4, 0.5) is 8.78 Å². The van der Waals surface area contributed by atoms with Gasteiger partial charge in [-0.2, -0.15) is 10.2 Å². The van der Waals surface area contributed by atoms with Crippen molar-refractivity contribution in [1.29, 1.82) is 0 Å². The van der Waals surface area contributed by atoms with Crippen LogP contribution in [-0.2, 0) is 11.2 Å². The fraction of sp³-hybridized carbons (Fsp3) is 0.467. The Morgan fingerprint density at radius 1 is 1.36 bits per heavy atom. The number of amides is 1. The molecule has 0 bridgehead atoms. The number of aromatic nitrogens is 1. The summed E-state index contributed by atoms with van der Waals surface area (Å²) in [5, 5.41) is 10.6. The highest BCUT2D eigenvalue weighted by Crippen LogP contribution is 2.37. The number of carbonyl (C=O) groups is 1. The Balaban J connectivity index is 1.67. The molecular formula is C15H16F2N4O. The van der Waals surface area contributed by atoms with Gasteiger partial charge in [-0.15, -0.1) is 12.3 Å². The van der Waals surface area contributed by atoms with Crippen LogP contribution >= 0.6 is 0 Å². The van der Waals surface area contributed by atoms with E-state index >= 15 is 0 Å². The molecule has 2 heterocycles. The van der Waals surface area contributed by atoms with Gasteiger partial charge in [0.2, 0.25) is 5.91 Å². The van der Waals surface area contributed by atoms with Crippen LogP contribution < -0.4 is 5.32 Å². The van der Waals surface area contributed by atoms with Crippen molar-refractivity contribution in [2.45, 2.75) is 37.8 Å². The Morgan fingerprint density at radius 3 is 2.77 bits per heavy atom. The molecule has 1 aromatic rings. The summed E-state index contributed by atoms with van der Waals surface area (Å²) in [6, 6.07) is 0.773. The molecule has 0 atom stereocenters. The molecule has 0 saturated heterocycles. The highest BCUT2D eigenvalue weighted by molar-refractivity contribution is 5.76. The van der Waals surface area contributed by atoms with Crippen LogP contribution in [0, 0.1) is 24.0 Å². The number of nitrogens with one attached hydrogen (secondary N) is 1. The van der Waals surface area contributed by atoms with E-state index in [0.717, 1.165) is 12.3 Å². The highest BCUT2D eigenvalue weighted by Gasteiger charge is 2.39. The summed E-state index contributed by atoms with van der Waals surface area (Å²) < 4.78 is 26.1. The number of hydrogen-bond donors (Lipinski definition) is 1.